The van der Waals surface area contributed by atoms with Gasteiger partial charge in [-0.3, -0.25) is 4.79 Å². The van der Waals surface area contributed by atoms with Gasteiger partial charge in [-0.25, -0.2) is 0 Å². The van der Waals surface area contributed by atoms with E-state index in [-0.39, 0.29) is 18.3 Å². The first kappa shape index (κ1) is 20.4. The number of aromatic nitrogens is 1. The Labute approximate surface area is 160 Å². The van der Waals surface area contributed by atoms with Gasteiger partial charge in [0.1, 0.15) is 11.5 Å². The van der Waals surface area contributed by atoms with Crippen molar-refractivity contribution in [1.29, 1.82) is 0 Å². The summed E-state index contributed by atoms with van der Waals surface area (Å²) in [7, 11) is 3.31. The Balaban J connectivity index is 0.00000243. The number of hydrogen-bond acceptors (Lipinski definition) is 4. The molecule has 1 amide bonds. The summed E-state index contributed by atoms with van der Waals surface area (Å²) in [6.07, 6.45) is 4.36. The van der Waals surface area contributed by atoms with E-state index in [4.69, 9.17) is 9.47 Å². The quantitative estimate of drug-likeness (QED) is 0.553. The highest BCUT2D eigenvalue weighted by atomic mass is 35.5. The predicted molar refractivity (Wildman–Crippen MR) is 106 cm³/mol. The number of amides is 1. The van der Waals surface area contributed by atoms with Crippen LogP contribution in [0.2, 0.25) is 0 Å². The molecule has 0 aliphatic heterocycles. The van der Waals surface area contributed by atoms with Crippen LogP contribution in [0.15, 0.2) is 18.2 Å². The lowest BCUT2D eigenvalue weighted by Gasteiger charge is -2.05. The van der Waals surface area contributed by atoms with Crippen molar-refractivity contribution in [2.45, 2.75) is 25.7 Å². The third-order valence-electron chi connectivity index (χ3n) is 4.55. The van der Waals surface area contributed by atoms with E-state index in [2.05, 4.69) is 21.7 Å². The zero-order valence-electron chi connectivity index (χ0n) is 15.4. The van der Waals surface area contributed by atoms with Crippen LogP contribution in [0, 0.1) is 5.92 Å². The molecule has 7 heteroatoms. The van der Waals surface area contributed by atoms with Gasteiger partial charge in [0.2, 0.25) is 5.91 Å². The number of nitrogens with one attached hydrogen (secondary N) is 3. The number of hydrogen-bond donors (Lipinski definition) is 3. The highest BCUT2D eigenvalue weighted by molar-refractivity contribution is 5.88. The fourth-order valence-electron chi connectivity index (χ4n) is 2.94. The summed E-state index contributed by atoms with van der Waals surface area (Å²) < 4.78 is 10.7. The molecule has 1 saturated carbocycles. The monoisotopic (exact) mass is 381 g/mol. The second kappa shape index (κ2) is 9.69. The average Bonchev–Trinajstić information content (AvgIpc) is 3.35. The van der Waals surface area contributed by atoms with Crippen molar-refractivity contribution < 1.29 is 14.3 Å². The first-order chi connectivity index (χ1) is 12.2. The molecule has 1 heterocycles. The van der Waals surface area contributed by atoms with Crippen LogP contribution in [0.1, 0.15) is 25.0 Å². The summed E-state index contributed by atoms with van der Waals surface area (Å²) in [5, 5.41) is 7.21. The summed E-state index contributed by atoms with van der Waals surface area (Å²) in [6.45, 7) is 2.06. The molecule has 26 heavy (non-hydrogen) atoms. The molecule has 0 bridgehead atoms. The lowest BCUT2D eigenvalue weighted by molar-refractivity contribution is -0.120. The maximum absolute atomic E-state index is 11.7. The molecular weight excluding hydrogens is 354 g/mol. The summed E-state index contributed by atoms with van der Waals surface area (Å²) >= 11 is 0. The molecule has 6 nitrogen and oxygen atoms in total. The van der Waals surface area contributed by atoms with Crippen LogP contribution in [-0.4, -0.2) is 44.7 Å². The number of benzene rings is 1. The number of fused-ring (bicyclic) bond motifs is 1. The van der Waals surface area contributed by atoms with Gasteiger partial charge in [0.25, 0.3) is 0 Å². The van der Waals surface area contributed by atoms with Crippen LogP contribution in [0.4, 0.5) is 0 Å². The Morgan fingerprint density at radius 3 is 2.73 bits per heavy atom. The van der Waals surface area contributed by atoms with E-state index in [1.54, 1.807) is 14.2 Å². The number of methoxy groups -OCH3 is 2. The summed E-state index contributed by atoms with van der Waals surface area (Å²) in [5.74, 6) is 2.43. The molecule has 3 rings (SSSR count). The number of rotatable bonds is 10. The third kappa shape index (κ3) is 5.54. The van der Waals surface area contributed by atoms with Crippen molar-refractivity contribution in [2.75, 3.05) is 33.9 Å². The standard InChI is InChI=1S/C19H27N3O3.ClH/c1-24-15-9-17-16(18(10-15)25-2)8-14(22-17)4-3-7-21-19(23)12-20-11-13-5-6-13;/h8-10,13,20,22H,3-7,11-12H2,1-2H3,(H,21,23);1H. The lowest BCUT2D eigenvalue weighted by atomic mass is 10.2. The predicted octanol–water partition coefficient (Wildman–Crippen LogP) is 2.66. The molecule has 0 spiro atoms. The highest BCUT2D eigenvalue weighted by Crippen LogP contribution is 2.31. The van der Waals surface area contributed by atoms with E-state index in [1.807, 2.05) is 12.1 Å². The van der Waals surface area contributed by atoms with Crippen LogP contribution in [-0.2, 0) is 11.2 Å². The normalized spacial score (nSPS) is 13.3. The Kier molecular flexibility index (Phi) is 7.60. The molecule has 0 atom stereocenters. The van der Waals surface area contributed by atoms with E-state index < -0.39 is 0 Å². The van der Waals surface area contributed by atoms with Crippen molar-refractivity contribution in [3.8, 4) is 11.5 Å². The molecule has 1 fully saturated rings. The van der Waals surface area contributed by atoms with Crippen molar-refractivity contribution in [2.24, 2.45) is 5.92 Å². The fraction of sp³-hybridized carbons (Fsp3) is 0.526. The number of halogens is 1. The summed E-state index contributed by atoms with van der Waals surface area (Å²) in [6, 6.07) is 5.95. The second-order valence-electron chi connectivity index (χ2n) is 6.61. The maximum Gasteiger partial charge on any atom is 0.233 e. The zero-order valence-corrected chi connectivity index (χ0v) is 16.2. The van der Waals surface area contributed by atoms with Gasteiger partial charge in [-0.2, -0.15) is 0 Å². The number of carbonyl (C=O) groups excluding carboxylic acids is 1. The first-order valence-electron chi connectivity index (χ1n) is 8.90. The molecular formula is C19H28ClN3O3. The molecule has 0 radical (unpaired) electrons. The minimum absolute atomic E-state index is 0. The number of carbonyl (C=O) groups is 1. The van der Waals surface area contributed by atoms with E-state index in [0.717, 1.165) is 53.4 Å². The Bertz CT molecular complexity index is 728. The molecule has 2 aromatic rings. The SMILES string of the molecule is COc1cc(OC)c2cc(CCCNC(=O)CNCC3CC3)[nH]c2c1.Cl. The summed E-state index contributed by atoms with van der Waals surface area (Å²) in [5.41, 5.74) is 2.13. The topological polar surface area (TPSA) is 75.4 Å². The van der Waals surface area contributed by atoms with Gasteiger partial charge < -0.3 is 25.1 Å². The molecule has 1 aromatic carbocycles. The van der Waals surface area contributed by atoms with E-state index >= 15 is 0 Å². The van der Waals surface area contributed by atoms with Gasteiger partial charge in [-0.05, 0) is 44.2 Å². The third-order valence-corrected chi connectivity index (χ3v) is 4.55. The minimum atomic E-state index is 0. The molecule has 1 aromatic heterocycles. The second-order valence-corrected chi connectivity index (χ2v) is 6.61. The van der Waals surface area contributed by atoms with Crippen molar-refractivity contribution >= 4 is 29.2 Å². The minimum Gasteiger partial charge on any atom is -0.497 e. The highest BCUT2D eigenvalue weighted by Gasteiger charge is 2.20. The largest absolute Gasteiger partial charge is 0.497 e. The Morgan fingerprint density at radius 1 is 1.23 bits per heavy atom. The van der Waals surface area contributed by atoms with E-state index in [0.29, 0.717) is 13.1 Å². The zero-order chi connectivity index (χ0) is 17.6. The Hall–Kier alpha value is -1.92. The number of aromatic amines is 1. The summed E-state index contributed by atoms with van der Waals surface area (Å²) in [4.78, 5) is 15.1. The number of H-pyrrole nitrogens is 1. The van der Waals surface area contributed by atoms with Crippen molar-refractivity contribution in [3.05, 3.63) is 23.9 Å². The Morgan fingerprint density at radius 2 is 2.04 bits per heavy atom. The van der Waals surface area contributed by atoms with Gasteiger partial charge in [0.05, 0.1) is 26.3 Å². The van der Waals surface area contributed by atoms with Crippen LogP contribution in [0.25, 0.3) is 10.9 Å². The van der Waals surface area contributed by atoms with Crippen LogP contribution in [0.3, 0.4) is 0 Å². The number of aryl methyl sites for hydroxylation is 1. The molecule has 1 aliphatic rings. The van der Waals surface area contributed by atoms with E-state index in [9.17, 15) is 4.79 Å². The lowest BCUT2D eigenvalue weighted by Crippen LogP contribution is -2.35. The molecule has 1 aliphatic carbocycles. The van der Waals surface area contributed by atoms with Gasteiger partial charge in [-0.15, -0.1) is 12.4 Å². The van der Waals surface area contributed by atoms with Gasteiger partial charge in [0, 0.05) is 29.8 Å². The molecule has 3 N–H and O–H groups in total. The average molecular weight is 382 g/mol. The van der Waals surface area contributed by atoms with Gasteiger partial charge in [-0.1, -0.05) is 0 Å². The van der Waals surface area contributed by atoms with Crippen LogP contribution < -0.4 is 20.1 Å². The molecule has 144 valence electrons. The first-order valence-corrected chi connectivity index (χ1v) is 8.90. The number of ether oxygens (including phenoxy) is 2. The fourth-order valence-corrected chi connectivity index (χ4v) is 2.94. The van der Waals surface area contributed by atoms with E-state index in [1.165, 1.54) is 12.8 Å². The van der Waals surface area contributed by atoms with Crippen molar-refractivity contribution in [3.63, 3.8) is 0 Å². The van der Waals surface area contributed by atoms with Crippen LogP contribution >= 0.6 is 12.4 Å². The van der Waals surface area contributed by atoms with Crippen molar-refractivity contribution in [1.82, 2.24) is 15.6 Å². The maximum atomic E-state index is 11.7. The smallest absolute Gasteiger partial charge is 0.233 e. The molecule has 0 saturated heterocycles. The van der Waals surface area contributed by atoms with Gasteiger partial charge >= 0.3 is 0 Å². The van der Waals surface area contributed by atoms with Gasteiger partial charge in [0.15, 0.2) is 0 Å². The molecule has 0 unspecified atom stereocenters. The van der Waals surface area contributed by atoms with Crippen LogP contribution in [0.5, 0.6) is 11.5 Å².